The Labute approximate surface area is 81.3 Å². The van der Waals surface area contributed by atoms with E-state index in [2.05, 4.69) is 18.7 Å². The number of hydrogen-bond donors (Lipinski definition) is 0. The van der Waals surface area contributed by atoms with Crippen molar-refractivity contribution in [2.75, 3.05) is 19.6 Å². The third-order valence-electron chi connectivity index (χ3n) is 3.05. The van der Waals surface area contributed by atoms with Crippen LogP contribution >= 0.6 is 0 Å². The Hall–Kier alpha value is -0.370. The number of hydrogen-bond acceptors (Lipinski definition) is 2. The summed E-state index contributed by atoms with van der Waals surface area (Å²) >= 11 is 0. The number of nitrogens with zero attached hydrogens (tertiary/aromatic N) is 1. The lowest BCUT2D eigenvalue weighted by Gasteiger charge is -2.26. The summed E-state index contributed by atoms with van der Waals surface area (Å²) in [5.41, 5.74) is 0. The summed E-state index contributed by atoms with van der Waals surface area (Å²) < 4.78 is 0. The fraction of sp³-hybridized carbons (Fsp3) is 0.909. The molecule has 0 spiro atoms. The molecular weight excluding hydrogens is 162 g/mol. The molecule has 0 aliphatic heterocycles. The molecule has 1 saturated carbocycles. The minimum atomic E-state index is 0.341. The summed E-state index contributed by atoms with van der Waals surface area (Å²) in [6, 6.07) is 0. The van der Waals surface area contributed by atoms with Gasteiger partial charge in [-0.3, -0.25) is 4.79 Å². The maximum atomic E-state index is 11.5. The van der Waals surface area contributed by atoms with Crippen molar-refractivity contribution in [3.63, 3.8) is 0 Å². The Bertz CT molecular complexity index is 163. The van der Waals surface area contributed by atoms with Crippen LogP contribution in [0.1, 0.15) is 39.5 Å². The second-order valence-electron chi connectivity index (χ2n) is 3.89. The van der Waals surface area contributed by atoms with Gasteiger partial charge in [-0.25, -0.2) is 0 Å². The topological polar surface area (TPSA) is 20.3 Å². The molecule has 0 amide bonds. The predicted molar refractivity (Wildman–Crippen MR) is 54.8 cm³/mol. The van der Waals surface area contributed by atoms with Crippen LogP contribution in [0.25, 0.3) is 0 Å². The average molecular weight is 183 g/mol. The molecule has 1 rings (SSSR count). The summed E-state index contributed by atoms with van der Waals surface area (Å²) in [6.45, 7) is 7.46. The zero-order chi connectivity index (χ0) is 9.68. The number of carbonyl (C=O) groups is 1. The van der Waals surface area contributed by atoms with E-state index in [4.69, 9.17) is 0 Å². The molecule has 0 radical (unpaired) electrons. The second kappa shape index (κ2) is 5.38. The highest BCUT2D eigenvalue weighted by molar-refractivity contribution is 5.81. The third-order valence-corrected chi connectivity index (χ3v) is 3.05. The Morgan fingerprint density at radius 2 is 2.00 bits per heavy atom. The summed E-state index contributed by atoms with van der Waals surface area (Å²) in [7, 11) is 0. The van der Waals surface area contributed by atoms with Gasteiger partial charge in [0.25, 0.3) is 0 Å². The van der Waals surface area contributed by atoms with Gasteiger partial charge in [0.05, 0.1) is 0 Å². The molecule has 1 unspecified atom stereocenters. The minimum absolute atomic E-state index is 0.341. The van der Waals surface area contributed by atoms with Crippen molar-refractivity contribution < 1.29 is 4.79 Å². The maximum absolute atomic E-state index is 11.5. The minimum Gasteiger partial charge on any atom is -0.303 e. The summed E-state index contributed by atoms with van der Waals surface area (Å²) in [6.07, 6.45) is 4.31. The molecule has 1 atom stereocenters. The van der Waals surface area contributed by atoms with E-state index < -0.39 is 0 Å². The van der Waals surface area contributed by atoms with Crippen LogP contribution in [-0.4, -0.2) is 30.3 Å². The lowest BCUT2D eigenvalue weighted by molar-refractivity contribution is -0.125. The van der Waals surface area contributed by atoms with Gasteiger partial charge in [-0.2, -0.15) is 0 Å². The van der Waals surface area contributed by atoms with E-state index in [9.17, 15) is 4.79 Å². The molecule has 0 heterocycles. The van der Waals surface area contributed by atoms with Crippen molar-refractivity contribution in [2.24, 2.45) is 5.92 Å². The highest BCUT2D eigenvalue weighted by atomic mass is 16.1. The Morgan fingerprint density at radius 1 is 1.31 bits per heavy atom. The zero-order valence-electron chi connectivity index (χ0n) is 8.88. The second-order valence-corrected chi connectivity index (χ2v) is 3.89. The lowest BCUT2D eigenvalue weighted by Crippen LogP contribution is -2.34. The van der Waals surface area contributed by atoms with Gasteiger partial charge in [-0.05, 0) is 25.9 Å². The molecule has 2 nitrogen and oxygen atoms in total. The van der Waals surface area contributed by atoms with Crippen molar-refractivity contribution in [2.45, 2.75) is 39.5 Å². The average Bonchev–Trinajstić information content (AvgIpc) is 2.17. The van der Waals surface area contributed by atoms with E-state index in [0.29, 0.717) is 11.7 Å². The van der Waals surface area contributed by atoms with Crippen LogP contribution in [0, 0.1) is 5.92 Å². The predicted octanol–water partition coefficient (Wildman–Crippen LogP) is 2.09. The third kappa shape index (κ3) is 3.11. The zero-order valence-corrected chi connectivity index (χ0v) is 8.88. The van der Waals surface area contributed by atoms with Crippen LogP contribution in [0.5, 0.6) is 0 Å². The first-order chi connectivity index (χ1) is 6.27. The van der Waals surface area contributed by atoms with E-state index in [-0.39, 0.29) is 0 Å². The van der Waals surface area contributed by atoms with Gasteiger partial charge in [-0.1, -0.05) is 20.3 Å². The van der Waals surface area contributed by atoms with Gasteiger partial charge in [-0.15, -0.1) is 0 Å². The molecule has 1 aliphatic carbocycles. The van der Waals surface area contributed by atoms with E-state index >= 15 is 0 Å². The number of carbonyl (C=O) groups excluding carboxylic acids is 1. The molecule has 2 heteroatoms. The van der Waals surface area contributed by atoms with E-state index in [1.807, 2.05) is 0 Å². The van der Waals surface area contributed by atoms with Crippen LogP contribution in [-0.2, 0) is 4.79 Å². The van der Waals surface area contributed by atoms with Crippen LogP contribution in [0.15, 0.2) is 0 Å². The molecule has 0 bridgehead atoms. The van der Waals surface area contributed by atoms with Crippen LogP contribution in [0.4, 0.5) is 0 Å². The Kier molecular flexibility index (Phi) is 4.43. The normalized spacial score (nSPS) is 23.9. The van der Waals surface area contributed by atoms with Crippen LogP contribution < -0.4 is 0 Å². The molecular formula is C11H21NO. The number of rotatable bonds is 4. The molecule has 0 aromatic carbocycles. The van der Waals surface area contributed by atoms with E-state index in [0.717, 1.165) is 38.9 Å². The first-order valence-electron chi connectivity index (χ1n) is 5.53. The lowest BCUT2D eigenvalue weighted by atomic mass is 9.87. The van der Waals surface area contributed by atoms with Crippen molar-refractivity contribution in [1.82, 2.24) is 4.90 Å². The number of Topliss-reactive ketones (excluding diaryl/α,β-unsaturated/α-hetero) is 1. The van der Waals surface area contributed by atoms with Gasteiger partial charge in [0.15, 0.2) is 0 Å². The van der Waals surface area contributed by atoms with E-state index in [1.165, 1.54) is 6.42 Å². The summed E-state index contributed by atoms with van der Waals surface area (Å²) in [4.78, 5) is 13.9. The SMILES string of the molecule is CCN(CC)CC1CCCCC1=O. The fourth-order valence-electron chi connectivity index (χ4n) is 2.04. The monoisotopic (exact) mass is 183 g/mol. The van der Waals surface area contributed by atoms with Gasteiger partial charge in [0, 0.05) is 18.9 Å². The molecule has 0 aromatic heterocycles. The number of ketones is 1. The standard InChI is InChI=1S/C11H21NO/c1-3-12(4-2)9-10-7-5-6-8-11(10)13/h10H,3-9H2,1-2H3. The molecule has 13 heavy (non-hydrogen) atoms. The van der Waals surface area contributed by atoms with Crippen LogP contribution in [0.2, 0.25) is 0 Å². The van der Waals surface area contributed by atoms with Gasteiger partial charge < -0.3 is 4.90 Å². The van der Waals surface area contributed by atoms with Gasteiger partial charge >= 0.3 is 0 Å². The molecule has 76 valence electrons. The maximum Gasteiger partial charge on any atom is 0.137 e. The Balaban J connectivity index is 2.36. The van der Waals surface area contributed by atoms with Gasteiger partial charge in [0.2, 0.25) is 0 Å². The molecule has 1 aliphatic rings. The summed E-state index contributed by atoms with van der Waals surface area (Å²) in [5, 5.41) is 0. The fourth-order valence-corrected chi connectivity index (χ4v) is 2.04. The first kappa shape index (κ1) is 10.7. The van der Waals surface area contributed by atoms with Crippen molar-refractivity contribution in [3.8, 4) is 0 Å². The quantitative estimate of drug-likeness (QED) is 0.665. The molecule has 1 fully saturated rings. The Morgan fingerprint density at radius 3 is 2.54 bits per heavy atom. The highest BCUT2D eigenvalue weighted by Gasteiger charge is 2.23. The van der Waals surface area contributed by atoms with Crippen molar-refractivity contribution in [1.29, 1.82) is 0 Å². The molecule has 0 saturated heterocycles. The first-order valence-corrected chi connectivity index (χ1v) is 5.53. The van der Waals surface area contributed by atoms with Gasteiger partial charge in [0.1, 0.15) is 5.78 Å². The largest absolute Gasteiger partial charge is 0.303 e. The van der Waals surface area contributed by atoms with Crippen LogP contribution in [0.3, 0.4) is 0 Å². The van der Waals surface area contributed by atoms with Crippen molar-refractivity contribution >= 4 is 5.78 Å². The molecule has 0 aromatic rings. The van der Waals surface area contributed by atoms with E-state index in [1.54, 1.807) is 0 Å². The smallest absolute Gasteiger partial charge is 0.137 e. The highest BCUT2D eigenvalue weighted by Crippen LogP contribution is 2.21. The molecule has 0 N–H and O–H groups in total. The summed E-state index contributed by atoms with van der Waals surface area (Å²) in [5.74, 6) is 0.840. The van der Waals surface area contributed by atoms with Crippen molar-refractivity contribution in [3.05, 3.63) is 0 Å².